The van der Waals surface area contributed by atoms with Crippen LogP contribution in [-0.2, 0) is 16.1 Å². The number of esters is 1. The summed E-state index contributed by atoms with van der Waals surface area (Å²) in [5.74, 6) is 0.654. The van der Waals surface area contributed by atoms with Crippen molar-refractivity contribution in [2.75, 3.05) is 6.61 Å². The molecule has 0 amide bonds. The van der Waals surface area contributed by atoms with Crippen LogP contribution in [0.1, 0.15) is 22.9 Å². The van der Waals surface area contributed by atoms with Gasteiger partial charge in [0.1, 0.15) is 6.61 Å². The van der Waals surface area contributed by atoms with Gasteiger partial charge in [-0.3, -0.25) is 10.1 Å². The Labute approximate surface area is 201 Å². The SMILES string of the molecule is CCOc1cc(C=C2N=C(c3cccs3)OC2=O)cc(Br)c1OCc1cccc([N+](=O)[O-])c1. The zero-order chi connectivity index (χ0) is 23.4. The quantitative estimate of drug-likeness (QED) is 0.160. The number of cyclic esters (lactones) is 1. The number of carbonyl (C=O) groups is 1. The van der Waals surface area contributed by atoms with Gasteiger partial charge in [0.2, 0.25) is 5.90 Å². The molecule has 0 unspecified atom stereocenters. The number of non-ortho nitro benzene ring substituents is 1. The fourth-order valence-electron chi connectivity index (χ4n) is 3.06. The molecular weight excluding hydrogens is 512 g/mol. The second kappa shape index (κ2) is 9.97. The molecule has 3 aromatic rings. The van der Waals surface area contributed by atoms with Gasteiger partial charge >= 0.3 is 5.97 Å². The summed E-state index contributed by atoms with van der Waals surface area (Å²) in [5.41, 5.74) is 1.48. The molecule has 2 aromatic carbocycles. The molecule has 0 saturated heterocycles. The molecule has 33 heavy (non-hydrogen) atoms. The summed E-state index contributed by atoms with van der Waals surface area (Å²) in [6.45, 7) is 2.35. The monoisotopic (exact) mass is 528 g/mol. The Morgan fingerprint density at radius 2 is 2.06 bits per heavy atom. The van der Waals surface area contributed by atoms with Gasteiger partial charge < -0.3 is 14.2 Å². The van der Waals surface area contributed by atoms with Crippen LogP contribution in [0.3, 0.4) is 0 Å². The highest BCUT2D eigenvalue weighted by Gasteiger charge is 2.25. The topological polar surface area (TPSA) is 100 Å². The highest BCUT2D eigenvalue weighted by molar-refractivity contribution is 9.10. The average molecular weight is 529 g/mol. The van der Waals surface area contributed by atoms with E-state index in [1.54, 1.807) is 30.3 Å². The number of carbonyl (C=O) groups excluding carboxylic acids is 1. The number of ether oxygens (including phenoxy) is 3. The number of hydrogen-bond donors (Lipinski definition) is 0. The van der Waals surface area contributed by atoms with Crippen LogP contribution >= 0.6 is 27.3 Å². The lowest BCUT2D eigenvalue weighted by Crippen LogP contribution is -2.03. The van der Waals surface area contributed by atoms with Crippen LogP contribution in [0, 0.1) is 10.1 Å². The first-order chi connectivity index (χ1) is 15.9. The number of nitrogens with zero attached hydrogens (tertiary/aromatic N) is 2. The van der Waals surface area contributed by atoms with Crippen molar-refractivity contribution in [2.24, 2.45) is 4.99 Å². The molecule has 1 aromatic heterocycles. The van der Waals surface area contributed by atoms with Crippen molar-refractivity contribution in [2.45, 2.75) is 13.5 Å². The maximum absolute atomic E-state index is 12.3. The number of rotatable bonds is 8. The van der Waals surface area contributed by atoms with E-state index in [4.69, 9.17) is 14.2 Å². The van der Waals surface area contributed by atoms with Crippen molar-refractivity contribution >= 4 is 50.9 Å². The molecule has 4 rings (SSSR count). The van der Waals surface area contributed by atoms with Crippen molar-refractivity contribution in [3.63, 3.8) is 0 Å². The number of aliphatic imine (C=N–C) groups is 1. The van der Waals surface area contributed by atoms with E-state index in [2.05, 4.69) is 20.9 Å². The first-order valence-electron chi connectivity index (χ1n) is 9.83. The van der Waals surface area contributed by atoms with Crippen LogP contribution in [0.2, 0.25) is 0 Å². The molecule has 0 aliphatic carbocycles. The fraction of sp³-hybridized carbons (Fsp3) is 0.130. The Morgan fingerprint density at radius 3 is 2.79 bits per heavy atom. The van der Waals surface area contributed by atoms with E-state index >= 15 is 0 Å². The predicted molar refractivity (Wildman–Crippen MR) is 128 cm³/mol. The first kappa shape index (κ1) is 22.7. The Balaban J connectivity index is 1.59. The summed E-state index contributed by atoms with van der Waals surface area (Å²) in [6.07, 6.45) is 1.61. The lowest BCUT2D eigenvalue weighted by molar-refractivity contribution is -0.384. The average Bonchev–Trinajstić information content (AvgIpc) is 3.44. The molecule has 0 spiro atoms. The molecule has 10 heteroatoms. The van der Waals surface area contributed by atoms with Gasteiger partial charge in [-0.1, -0.05) is 18.2 Å². The second-order valence-electron chi connectivity index (χ2n) is 6.79. The van der Waals surface area contributed by atoms with Gasteiger partial charge in [-0.2, -0.15) is 0 Å². The van der Waals surface area contributed by atoms with Crippen LogP contribution in [-0.4, -0.2) is 23.4 Å². The molecule has 1 aliphatic heterocycles. The van der Waals surface area contributed by atoms with Crippen LogP contribution in [0.5, 0.6) is 11.5 Å². The first-order valence-corrected chi connectivity index (χ1v) is 11.5. The van der Waals surface area contributed by atoms with Crippen molar-refractivity contribution in [1.82, 2.24) is 0 Å². The minimum absolute atomic E-state index is 0.00640. The number of nitro benzene ring substituents is 1. The number of hydrogen-bond acceptors (Lipinski definition) is 8. The minimum Gasteiger partial charge on any atom is -0.490 e. The molecule has 168 valence electrons. The molecule has 8 nitrogen and oxygen atoms in total. The van der Waals surface area contributed by atoms with Gasteiger partial charge in [-0.25, -0.2) is 9.79 Å². The smallest absolute Gasteiger partial charge is 0.363 e. The van der Waals surface area contributed by atoms with Crippen LogP contribution in [0.25, 0.3) is 6.08 Å². The van der Waals surface area contributed by atoms with Gasteiger partial charge in [0.25, 0.3) is 5.69 Å². The third-order valence-corrected chi connectivity index (χ3v) is 5.94. The molecule has 0 fully saturated rings. The second-order valence-corrected chi connectivity index (χ2v) is 8.59. The van der Waals surface area contributed by atoms with Crippen LogP contribution < -0.4 is 9.47 Å². The zero-order valence-electron chi connectivity index (χ0n) is 17.3. The summed E-state index contributed by atoms with van der Waals surface area (Å²) in [7, 11) is 0. The maximum atomic E-state index is 12.3. The van der Waals surface area contributed by atoms with Crippen LogP contribution in [0.15, 0.2) is 69.1 Å². The summed E-state index contributed by atoms with van der Waals surface area (Å²) in [6, 6.07) is 13.4. The Morgan fingerprint density at radius 1 is 1.21 bits per heavy atom. The number of thiophene rings is 1. The molecule has 0 bridgehead atoms. The number of halogens is 1. The van der Waals surface area contributed by atoms with Crippen molar-refractivity contribution in [1.29, 1.82) is 0 Å². The van der Waals surface area contributed by atoms with E-state index in [0.717, 1.165) is 4.88 Å². The van der Waals surface area contributed by atoms with E-state index in [1.165, 1.54) is 23.5 Å². The standard InChI is InChI=1S/C23H17BrN2O6S/c1-2-30-19-12-15(11-18-23(27)32-22(25-18)20-7-4-8-33-20)10-17(24)21(19)31-13-14-5-3-6-16(9-14)26(28)29/h3-12H,2,13H2,1H3. The lowest BCUT2D eigenvalue weighted by Gasteiger charge is -2.15. The summed E-state index contributed by atoms with van der Waals surface area (Å²) in [5, 5.41) is 12.9. The Hall–Kier alpha value is -3.50. The van der Waals surface area contributed by atoms with Crippen LogP contribution in [0.4, 0.5) is 5.69 Å². The number of benzene rings is 2. The maximum Gasteiger partial charge on any atom is 0.363 e. The number of nitro groups is 1. The van der Waals surface area contributed by atoms with Crippen molar-refractivity contribution < 1.29 is 23.9 Å². The molecular formula is C23H17BrN2O6S. The van der Waals surface area contributed by atoms with E-state index < -0.39 is 10.9 Å². The molecule has 0 radical (unpaired) electrons. The Bertz CT molecular complexity index is 1270. The fourth-order valence-corrected chi connectivity index (χ4v) is 4.29. The third kappa shape index (κ3) is 5.29. The van der Waals surface area contributed by atoms with Gasteiger partial charge in [0.15, 0.2) is 17.2 Å². The lowest BCUT2D eigenvalue weighted by atomic mass is 10.1. The van der Waals surface area contributed by atoms with E-state index in [9.17, 15) is 14.9 Å². The van der Waals surface area contributed by atoms with E-state index in [0.29, 0.717) is 33.7 Å². The summed E-state index contributed by atoms with van der Waals surface area (Å²) >= 11 is 4.93. The largest absolute Gasteiger partial charge is 0.490 e. The molecule has 1 aliphatic rings. The van der Waals surface area contributed by atoms with Gasteiger partial charge in [0, 0.05) is 12.1 Å². The van der Waals surface area contributed by atoms with Crippen molar-refractivity contribution in [3.05, 3.63) is 90.2 Å². The molecule has 2 heterocycles. The van der Waals surface area contributed by atoms with E-state index in [1.807, 2.05) is 24.4 Å². The third-order valence-electron chi connectivity index (χ3n) is 4.49. The van der Waals surface area contributed by atoms with Gasteiger partial charge in [-0.05, 0) is 63.6 Å². The zero-order valence-corrected chi connectivity index (χ0v) is 19.7. The molecule has 0 N–H and O–H groups in total. The van der Waals surface area contributed by atoms with Gasteiger partial charge in [0.05, 0.1) is 20.9 Å². The predicted octanol–water partition coefficient (Wildman–Crippen LogP) is 5.74. The summed E-state index contributed by atoms with van der Waals surface area (Å²) in [4.78, 5) is 27.9. The summed E-state index contributed by atoms with van der Waals surface area (Å²) < 4.78 is 17.5. The van der Waals surface area contributed by atoms with Gasteiger partial charge in [-0.15, -0.1) is 11.3 Å². The Kier molecular flexibility index (Phi) is 6.85. The molecule has 0 atom stereocenters. The molecule has 0 saturated carbocycles. The van der Waals surface area contributed by atoms with Crippen molar-refractivity contribution in [3.8, 4) is 11.5 Å². The minimum atomic E-state index is -0.529. The highest BCUT2D eigenvalue weighted by atomic mass is 79.9. The van der Waals surface area contributed by atoms with E-state index in [-0.39, 0.29) is 23.9 Å². The normalized spacial score (nSPS) is 14.2. The highest BCUT2D eigenvalue weighted by Crippen LogP contribution is 2.38.